The zero-order valence-corrected chi connectivity index (χ0v) is 12.6. The quantitative estimate of drug-likeness (QED) is 0.778. The van der Waals surface area contributed by atoms with Crippen molar-refractivity contribution in [3.8, 4) is 0 Å². The molecule has 1 rings (SSSR count). The Bertz CT molecular complexity index is 455. The van der Waals surface area contributed by atoms with Gasteiger partial charge in [0.15, 0.2) is 0 Å². The van der Waals surface area contributed by atoms with E-state index >= 15 is 0 Å². The molecule has 0 radical (unpaired) electrons. The Morgan fingerprint density at radius 2 is 1.83 bits per heavy atom. The van der Waals surface area contributed by atoms with E-state index in [1.165, 1.54) is 23.3 Å². The normalized spacial score (nSPS) is 12.0. The van der Waals surface area contributed by atoms with Crippen molar-refractivity contribution in [1.82, 2.24) is 9.03 Å². The molecular weight excluding hydrogens is 268 g/mol. The topological polar surface area (TPSA) is 49.4 Å². The summed E-state index contributed by atoms with van der Waals surface area (Å²) >= 11 is 1.80. The van der Waals surface area contributed by atoms with Gasteiger partial charge in [0.05, 0.1) is 0 Å². The first kappa shape index (κ1) is 15.5. The minimum Gasteiger partial charge on any atom is -0.202 e. The third-order valence-corrected chi connectivity index (χ3v) is 4.84. The molecule has 0 aliphatic heterocycles. The molecule has 0 unspecified atom stereocenters. The first-order valence-electron chi connectivity index (χ1n) is 5.84. The molecule has 1 aromatic carbocycles. The molecule has 0 aliphatic rings. The second-order valence-corrected chi connectivity index (χ2v) is 7.32. The maximum absolute atomic E-state index is 11.5. The highest BCUT2D eigenvalue weighted by Gasteiger charge is 2.11. The van der Waals surface area contributed by atoms with E-state index in [1.807, 2.05) is 12.1 Å². The molecule has 0 aliphatic carbocycles. The van der Waals surface area contributed by atoms with Crippen LogP contribution in [-0.2, 0) is 16.6 Å². The number of nitrogens with one attached hydrogen (secondary N) is 1. The molecule has 0 saturated heterocycles. The van der Waals surface area contributed by atoms with Crippen molar-refractivity contribution in [3.63, 3.8) is 0 Å². The Labute approximate surface area is 114 Å². The Kier molecular flexibility index (Phi) is 6.14. The van der Waals surface area contributed by atoms with Crippen LogP contribution in [0.25, 0.3) is 0 Å². The van der Waals surface area contributed by atoms with E-state index in [2.05, 4.69) is 23.8 Å². The highest BCUT2D eigenvalue weighted by Crippen LogP contribution is 2.17. The predicted molar refractivity (Wildman–Crippen MR) is 77.2 cm³/mol. The summed E-state index contributed by atoms with van der Waals surface area (Å²) in [5, 5.41) is 0. The summed E-state index contributed by atoms with van der Waals surface area (Å²) in [6, 6.07) is 8.23. The van der Waals surface area contributed by atoms with Crippen LogP contribution >= 0.6 is 11.8 Å². The van der Waals surface area contributed by atoms with Crippen LogP contribution in [0.5, 0.6) is 0 Å². The van der Waals surface area contributed by atoms with Gasteiger partial charge in [-0.25, -0.2) is 4.72 Å². The standard InChI is InChI=1S/C12H20N2O2S2/c1-4-17-12-7-5-11(6-8-12)9-10-13-18(15,16)14(2)3/h5-8,13H,4,9-10H2,1-3H3. The van der Waals surface area contributed by atoms with Gasteiger partial charge < -0.3 is 0 Å². The average Bonchev–Trinajstić information content (AvgIpc) is 2.31. The number of benzene rings is 1. The summed E-state index contributed by atoms with van der Waals surface area (Å²) < 4.78 is 26.7. The number of hydrogen-bond acceptors (Lipinski definition) is 3. The summed E-state index contributed by atoms with van der Waals surface area (Å²) in [4.78, 5) is 1.25. The molecule has 1 aromatic rings. The maximum atomic E-state index is 11.5. The van der Waals surface area contributed by atoms with Gasteiger partial charge in [0.2, 0.25) is 0 Å². The lowest BCUT2D eigenvalue weighted by atomic mass is 10.2. The Morgan fingerprint density at radius 3 is 2.33 bits per heavy atom. The maximum Gasteiger partial charge on any atom is 0.278 e. The van der Waals surface area contributed by atoms with Gasteiger partial charge in [-0.2, -0.15) is 12.7 Å². The van der Waals surface area contributed by atoms with Crippen molar-refractivity contribution < 1.29 is 8.42 Å². The van der Waals surface area contributed by atoms with Gasteiger partial charge in [0, 0.05) is 25.5 Å². The molecule has 102 valence electrons. The number of hydrogen-bond donors (Lipinski definition) is 1. The summed E-state index contributed by atoms with van der Waals surface area (Å²) in [7, 11) is -0.280. The molecule has 0 heterocycles. The molecule has 0 amide bonds. The van der Waals surface area contributed by atoms with Gasteiger partial charge in [0.25, 0.3) is 10.2 Å². The largest absolute Gasteiger partial charge is 0.278 e. The molecule has 4 nitrogen and oxygen atoms in total. The van der Waals surface area contributed by atoms with Crippen LogP contribution < -0.4 is 4.72 Å². The van der Waals surface area contributed by atoms with Gasteiger partial charge in [-0.1, -0.05) is 19.1 Å². The summed E-state index contributed by atoms with van der Waals surface area (Å²) in [5.41, 5.74) is 1.14. The van der Waals surface area contributed by atoms with Crippen LogP contribution in [0.15, 0.2) is 29.2 Å². The molecule has 0 aromatic heterocycles. The van der Waals surface area contributed by atoms with E-state index in [1.54, 1.807) is 11.8 Å². The van der Waals surface area contributed by atoms with Crippen LogP contribution in [0.4, 0.5) is 0 Å². The zero-order valence-electron chi connectivity index (χ0n) is 11.0. The second-order valence-electron chi connectivity index (χ2n) is 4.01. The lowest BCUT2D eigenvalue weighted by Gasteiger charge is -2.12. The van der Waals surface area contributed by atoms with Gasteiger partial charge in [-0.05, 0) is 29.9 Å². The fraction of sp³-hybridized carbons (Fsp3) is 0.500. The lowest BCUT2D eigenvalue weighted by Crippen LogP contribution is -2.36. The molecule has 0 saturated carbocycles. The predicted octanol–water partition coefficient (Wildman–Crippen LogP) is 1.74. The molecule has 1 N–H and O–H groups in total. The molecule has 0 atom stereocenters. The van der Waals surface area contributed by atoms with Crippen molar-refractivity contribution in [2.45, 2.75) is 18.2 Å². The van der Waals surface area contributed by atoms with Crippen molar-refractivity contribution in [2.24, 2.45) is 0 Å². The fourth-order valence-corrected chi connectivity index (χ4v) is 2.65. The van der Waals surface area contributed by atoms with E-state index < -0.39 is 10.2 Å². The molecular formula is C12H20N2O2S2. The zero-order chi connectivity index (χ0) is 13.6. The van der Waals surface area contributed by atoms with Crippen LogP contribution in [0, 0.1) is 0 Å². The summed E-state index contributed by atoms with van der Waals surface area (Å²) in [5.74, 6) is 1.06. The first-order valence-corrected chi connectivity index (χ1v) is 8.27. The first-order chi connectivity index (χ1) is 8.45. The SMILES string of the molecule is CCSc1ccc(CCNS(=O)(=O)N(C)C)cc1. The Balaban J connectivity index is 2.45. The number of rotatable bonds is 7. The van der Waals surface area contributed by atoms with Crippen molar-refractivity contribution in [1.29, 1.82) is 0 Å². The smallest absolute Gasteiger partial charge is 0.202 e. The van der Waals surface area contributed by atoms with E-state index in [0.29, 0.717) is 13.0 Å². The average molecular weight is 288 g/mol. The van der Waals surface area contributed by atoms with Gasteiger partial charge in [0.1, 0.15) is 0 Å². The van der Waals surface area contributed by atoms with E-state index in [4.69, 9.17) is 0 Å². The minimum absolute atomic E-state index is 0.417. The highest BCUT2D eigenvalue weighted by atomic mass is 32.2. The molecule has 18 heavy (non-hydrogen) atoms. The third kappa shape index (κ3) is 4.97. The molecule has 0 spiro atoms. The van der Waals surface area contributed by atoms with E-state index in [0.717, 1.165) is 11.3 Å². The fourth-order valence-electron chi connectivity index (χ4n) is 1.37. The lowest BCUT2D eigenvalue weighted by molar-refractivity contribution is 0.506. The summed E-state index contributed by atoms with van der Waals surface area (Å²) in [6.07, 6.45) is 0.699. The van der Waals surface area contributed by atoms with Crippen molar-refractivity contribution in [2.75, 3.05) is 26.4 Å². The highest BCUT2D eigenvalue weighted by molar-refractivity contribution is 7.99. The number of nitrogens with zero attached hydrogens (tertiary/aromatic N) is 1. The van der Waals surface area contributed by atoms with E-state index in [9.17, 15) is 8.42 Å². The molecule has 0 bridgehead atoms. The molecule has 0 fully saturated rings. The van der Waals surface area contributed by atoms with Crippen LogP contribution in [0.2, 0.25) is 0 Å². The van der Waals surface area contributed by atoms with E-state index in [-0.39, 0.29) is 0 Å². The molecule has 6 heteroatoms. The Morgan fingerprint density at radius 1 is 1.22 bits per heavy atom. The monoisotopic (exact) mass is 288 g/mol. The third-order valence-electron chi connectivity index (χ3n) is 2.41. The van der Waals surface area contributed by atoms with Crippen LogP contribution in [0.1, 0.15) is 12.5 Å². The van der Waals surface area contributed by atoms with Crippen LogP contribution in [0.3, 0.4) is 0 Å². The van der Waals surface area contributed by atoms with Gasteiger partial charge in [-0.15, -0.1) is 11.8 Å². The Hall–Kier alpha value is -0.560. The summed E-state index contributed by atoms with van der Waals surface area (Å²) in [6.45, 7) is 2.54. The van der Waals surface area contributed by atoms with Crippen molar-refractivity contribution in [3.05, 3.63) is 29.8 Å². The minimum atomic E-state index is -3.31. The van der Waals surface area contributed by atoms with Gasteiger partial charge in [-0.3, -0.25) is 0 Å². The number of thioether (sulfide) groups is 1. The van der Waals surface area contributed by atoms with Crippen molar-refractivity contribution >= 4 is 22.0 Å². The van der Waals surface area contributed by atoms with Gasteiger partial charge >= 0.3 is 0 Å². The second kappa shape index (κ2) is 7.13. The van der Waals surface area contributed by atoms with Crippen LogP contribution in [-0.4, -0.2) is 39.1 Å².